The van der Waals surface area contributed by atoms with Crippen molar-refractivity contribution in [2.75, 3.05) is 13.2 Å². The van der Waals surface area contributed by atoms with Crippen molar-refractivity contribution in [2.45, 2.75) is 30.6 Å². The maximum absolute atomic E-state index is 14.7. The van der Waals surface area contributed by atoms with Gasteiger partial charge < -0.3 is 18.6 Å². The van der Waals surface area contributed by atoms with Crippen molar-refractivity contribution in [1.29, 1.82) is 0 Å². The number of para-hydroxylation sites is 1. The molecule has 1 aromatic heterocycles. The molecule has 180 valence electrons. The second-order valence-electron chi connectivity index (χ2n) is 6.88. The Morgan fingerprint density at radius 2 is 2.03 bits per heavy atom. The van der Waals surface area contributed by atoms with E-state index in [0.29, 0.717) is 12.5 Å². The van der Waals surface area contributed by atoms with E-state index in [2.05, 4.69) is 5.09 Å². The number of nitrogens with zero attached hydrogens (tertiary/aromatic N) is 1. The second-order valence-corrected chi connectivity index (χ2v) is 8.56. The van der Waals surface area contributed by atoms with Crippen LogP contribution < -0.4 is 20.9 Å². The van der Waals surface area contributed by atoms with Gasteiger partial charge in [-0.3, -0.25) is 14.3 Å². The highest BCUT2D eigenvalue weighted by atomic mass is 35.5. The summed E-state index contributed by atoms with van der Waals surface area (Å²) in [6.07, 6.45) is -6.39. The highest BCUT2D eigenvalue weighted by Crippen LogP contribution is 2.51. The maximum Gasteiger partial charge on any atom is 0.330 e. The zero-order valence-electron chi connectivity index (χ0n) is 16.6. The van der Waals surface area contributed by atoms with Crippen LogP contribution in [0.25, 0.3) is 0 Å². The number of carbonyl (C=O) groups excluding carboxylic acids is 1. The van der Waals surface area contributed by atoms with Crippen LogP contribution >= 0.6 is 20.1 Å². The SMILES string of the molecule is O=CCNP(OCC1(C(F)F)CC(F)(F)C(n2cc(Cl)c(=O)[nH]c2=O)O1)Oc1ccccc1. The monoisotopic (exact) mass is 513 g/mol. The van der Waals surface area contributed by atoms with Crippen molar-refractivity contribution in [3.05, 3.63) is 62.4 Å². The summed E-state index contributed by atoms with van der Waals surface area (Å²) in [5.41, 5.74) is -5.19. The van der Waals surface area contributed by atoms with Gasteiger partial charge in [0.15, 0.2) is 5.60 Å². The molecule has 2 N–H and O–H groups in total. The van der Waals surface area contributed by atoms with Crippen LogP contribution in [0.4, 0.5) is 17.6 Å². The van der Waals surface area contributed by atoms with Gasteiger partial charge in [0.25, 0.3) is 17.9 Å². The van der Waals surface area contributed by atoms with E-state index in [4.69, 9.17) is 25.4 Å². The van der Waals surface area contributed by atoms with Gasteiger partial charge in [-0.05, 0) is 12.1 Å². The minimum atomic E-state index is -3.95. The Balaban J connectivity index is 1.84. The fraction of sp³-hybridized carbons (Fsp3) is 0.389. The first-order chi connectivity index (χ1) is 15.6. The number of rotatable bonds is 10. The van der Waals surface area contributed by atoms with Crippen molar-refractivity contribution in [3.63, 3.8) is 0 Å². The predicted octanol–water partition coefficient (Wildman–Crippen LogP) is 2.86. The minimum absolute atomic E-state index is 0.238. The number of alkyl halides is 4. The number of aldehydes is 1. The first-order valence-electron chi connectivity index (χ1n) is 9.26. The molecule has 3 atom stereocenters. The summed E-state index contributed by atoms with van der Waals surface area (Å²) < 4.78 is 73.5. The van der Waals surface area contributed by atoms with E-state index in [1.54, 1.807) is 23.2 Å². The van der Waals surface area contributed by atoms with Crippen LogP contribution in [0.3, 0.4) is 0 Å². The van der Waals surface area contributed by atoms with Gasteiger partial charge in [0.1, 0.15) is 17.1 Å². The Kier molecular flexibility index (Phi) is 7.91. The molecule has 1 aromatic carbocycles. The fourth-order valence-corrected chi connectivity index (χ4v) is 4.20. The van der Waals surface area contributed by atoms with Crippen LogP contribution in [0, 0.1) is 0 Å². The van der Waals surface area contributed by atoms with Crippen molar-refractivity contribution in [2.24, 2.45) is 0 Å². The van der Waals surface area contributed by atoms with Crippen LogP contribution in [0.5, 0.6) is 5.75 Å². The van der Waals surface area contributed by atoms with Crippen LogP contribution in [-0.2, 0) is 14.1 Å². The van der Waals surface area contributed by atoms with Gasteiger partial charge in [0, 0.05) is 6.20 Å². The molecule has 1 aliphatic rings. The van der Waals surface area contributed by atoms with E-state index in [1.807, 2.05) is 0 Å². The molecule has 2 aromatic rings. The maximum atomic E-state index is 14.7. The van der Waals surface area contributed by atoms with E-state index in [1.165, 1.54) is 12.1 Å². The van der Waals surface area contributed by atoms with E-state index in [9.17, 15) is 31.9 Å². The van der Waals surface area contributed by atoms with Crippen LogP contribution in [0.2, 0.25) is 5.02 Å². The molecule has 33 heavy (non-hydrogen) atoms. The van der Waals surface area contributed by atoms with Crippen LogP contribution in [0.15, 0.2) is 46.1 Å². The Morgan fingerprint density at radius 3 is 2.67 bits per heavy atom. The lowest BCUT2D eigenvalue weighted by atomic mass is 10.00. The highest BCUT2D eigenvalue weighted by molar-refractivity contribution is 7.45. The van der Waals surface area contributed by atoms with E-state index >= 15 is 0 Å². The third-order valence-electron chi connectivity index (χ3n) is 4.48. The summed E-state index contributed by atoms with van der Waals surface area (Å²) in [5.74, 6) is -3.68. The average molecular weight is 514 g/mol. The molecule has 2 heterocycles. The number of halogens is 5. The highest BCUT2D eigenvalue weighted by Gasteiger charge is 2.63. The molecule has 1 fully saturated rings. The third kappa shape index (κ3) is 5.79. The second kappa shape index (κ2) is 10.3. The number of carbonyl (C=O) groups is 1. The number of aromatic amines is 1. The molecule has 0 amide bonds. The standard InChI is InChI=1S/C18H17ClF4N3O6P/c19-12-8-26(16(29)25-13(12)28)15-18(22,23)9-17(31-15,14(20)21)10-30-33(24-6-7-27)32-11-4-2-1-3-5-11/h1-5,7-8,14-15,24H,6,9-10H2,(H,25,28,29). The van der Waals surface area contributed by atoms with Crippen molar-refractivity contribution < 1.29 is 36.1 Å². The number of H-pyrrole nitrogens is 1. The Bertz CT molecular complexity index is 1090. The summed E-state index contributed by atoms with van der Waals surface area (Å²) in [6.45, 7) is -1.32. The van der Waals surface area contributed by atoms with E-state index < -0.39 is 62.0 Å². The lowest BCUT2D eigenvalue weighted by Crippen LogP contribution is -2.43. The molecular weight excluding hydrogens is 497 g/mol. The van der Waals surface area contributed by atoms with Crippen molar-refractivity contribution in [1.82, 2.24) is 14.6 Å². The zero-order valence-corrected chi connectivity index (χ0v) is 18.2. The quantitative estimate of drug-likeness (QED) is 0.285. The lowest BCUT2D eigenvalue weighted by molar-refractivity contribution is -0.180. The molecule has 9 nitrogen and oxygen atoms in total. The largest absolute Gasteiger partial charge is 0.436 e. The Labute approximate surface area is 189 Å². The van der Waals surface area contributed by atoms with Crippen molar-refractivity contribution in [3.8, 4) is 5.75 Å². The normalized spacial score (nSPS) is 22.9. The molecule has 1 aliphatic heterocycles. The summed E-state index contributed by atoms with van der Waals surface area (Å²) in [5, 5.41) is 1.92. The molecule has 15 heteroatoms. The molecule has 3 unspecified atom stereocenters. The Hall–Kier alpha value is -2.31. The summed E-state index contributed by atoms with van der Waals surface area (Å²) in [4.78, 5) is 35.8. The lowest BCUT2D eigenvalue weighted by Gasteiger charge is -2.29. The summed E-state index contributed by atoms with van der Waals surface area (Å²) >= 11 is 5.59. The molecule has 0 spiro atoms. The van der Waals surface area contributed by atoms with Gasteiger partial charge >= 0.3 is 14.2 Å². The zero-order chi connectivity index (χ0) is 24.2. The van der Waals surface area contributed by atoms with Gasteiger partial charge in [0.2, 0.25) is 6.23 Å². The summed E-state index contributed by atoms with van der Waals surface area (Å²) in [7, 11) is -2.21. The average Bonchev–Trinajstić information content (AvgIpc) is 3.05. The van der Waals surface area contributed by atoms with E-state index in [-0.39, 0.29) is 16.9 Å². The minimum Gasteiger partial charge on any atom is -0.436 e. The number of hydrogen-bond acceptors (Lipinski definition) is 7. The fourth-order valence-electron chi connectivity index (χ4n) is 2.97. The molecule has 0 saturated carbocycles. The first-order valence-corrected chi connectivity index (χ1v) is 10.8. The van der Waals surface area contributed by atoms with E-state index in [0.717, 1.165) is 0 Å². The number of aromatic nitrogens is 2. The third-order valence-corrected chi connectivity index (χ3v) is 5.93. The summed E-state index contributed by atoms with van der Waals surface area (Å²) in [6, 6.07) is 8.02. The van der Waals surface area contributed by atoms with Gasteiger partial charge in [-0.2, -0.15) is 0 Å². The number of nitrogens with one attached hydrogen (secondary N) is 2. The molecule has 0 bridgehead atoms. The molecule has 3 rings (SSSR count). The van der Waals surface area contributed by atoms with Gasteiger partial charge in [-0.15, -0.1) is 0 Å². The predicted molar refractivity (Wildman–Crippen MR) is 109 cm³/mol. The molecule has 0 radical (unpaired) electrons. The Morgan fingerprint density at radius 1 is 1.33 bits per heavy atom. The topological polar surface area (TPSA) is 112 Å². The van der Waals surface area contributed by atoms with Gasteiger partial charge in [-0.1, -0.05) is 29.8 Å². The molecular formula is C18H17ClF4N3O6P. The van der Waals surface area contributed by atoms with Crippen LogP contribution in [0.1, 0.15) is 12.6 Å². The molecule has 0 aliphatic carbocycles. The smallest absolute Gasteiger partial charge is 0.330 e. The van der Waals surface area contributed by atoms with Crippen LogP contribution in [-0.4, -0.2) is 46.9 Å². The number of benzene rings is 1. The van der Waals surface area contributed by atoms with Gasteiger partial charge in [0.05, 0.1) is 19.6 Å². The number of ether oxygens (including phenoxy) is 1. The van der Waals surface area contributed by atoms with Crippen molar-refractivity contribution >= 4 is 26.4 Å². The van der Waals surface area contributed by atoms with Gasteiger partial charge in [-0.25, -0.2) is 27.4 Å². The first kappa shape index (κ1) is 25.3. The molecule has 1 saturated heterocycles. The number of hydrogen-bond donors (Lipinski definition) is 2.